The highest BCUT2D eigenvalue weighted by molar-refractivity contribution is 5.81. The van der Waals surface area contributed by atoms with E-state index in [-0.39, 0.29) is 12.0 Å². The Kier molecular flexibility index (Phi) is 3.37. The molecule has 2 N–H and O–H groups in total. The van der Waals surface area contributed by atoms with Crippen molar-refractivity contribution in [3.05, 3.63) is 24.2 Å². The van der Waals surface area contributed by atoms with Gasteiger partial charge in [0.25, 0.3) is 5.91 Å². The number of rotatable bonds is 3. The van der Waals surface area contributed by atoms with Crippen molar-refractivity contribution in [3.8, 4) is 0 Å². The number of furan rings is 1. The fraction of sp³-hybridized carbons (Fsp3) is 0.500. The van der Waals surface area contributed by atoms with Gasteiger partial charge in [-0.25, -0.2) is 0 Å². The topological polar surface area (TPSA) is 63.5 Å². The van der Waals surface area contributed by atoms with Crippen LogP contribution in [0.1, 0.15) is 5.56 Å². The zero-order chi connectivity index (χ0) is 10.5. The first-order valence-electron chi connectivity index (χ1n) is 4.97. The lowest BCUT2D eigenvalue weighted by Crippen LogP contribution is -2.47. The number of carbonyl (C=O) groups is 1. The van der Waals surface area contributed by atoms with Crippen molar-refractivity contribution in [2.24, 2.45) is 0 Å². The van der Waals surface area contributed by atoms with E-state index in [9.17, 15) is 4.79 Å². The lowest BCUT2D eigenvalue weighted by atomic mass is 10.2. The zero-order valence-electron chi connectivity index (χ0n) is 8.36. The molecule has 0 aliphatic carbocycles. The molecule has 1 fully saturated rings. The van der Waals surface area contributed by atoms with Gasteiger partial charge in [0.15, 0.2) is 0 Å². The summed E-state index contributed by atoms with van der Waals surface area (Å²) in [6.45, 7) is 2.46. The van der Waals surface area contributed by atoms with Gasteiger partial charge >= 0.3 is 0 Å². The highest BCUT2D eigenvalue weighted by atomic mass is 16.5. The van der Waals surface area contributed by atoms with Gasteiger partial charge in [-0.15, -0.1) is 0 Å². The van der Waals surface area contributed by atoms with Gasteiger partial charge < -0.3 is 19.8 Å². The molecule has 1 aliphatic heterocycles. The SMILES string of the molecule is O=C(NCc1ccoc1)C1CNCCO1. The first kappa shape index (κ1) is 10.2. The number of ether oxygens (including phenoxy) is 1. The summed E-state index contributed by atoms with van der Waals surface area (Å²) in [5, 5.41) is 5.90. The molecule has 1 saturated heterocycles. The highest BCUT2D eigenvalue weighted by Gasteiger charge is 2.21. The molecule has 2 rings (SSSR count). The number of carbonyl (C=O) groups excluding carboxylic acids is 1. The summed E-state index contributed by atoms with van der Waals surface area (Å²) in [7, 11) is 0. The maximum absolute atomic E-state index is 11.6. The van der Waals surface area contributed by atoms with Crippen molar-refractivity contribution >= 4 is 5.91 Å². The van der Waals surface area contributed by atoms with Crippen LogP contribution in [0.2, 0.25) is 0 Å². The molecule has 1 aromatic heterocycles. The van der Waals surface area contributed by atoms with E-state index in [4.69, 9.17) is 9.15 Å². The third-order valence-electron chi connectivity index (χ3n) is 2.27. The Morgan fingerprint density at radius 2 is 2.60 bits per heavy atom. The Labute approximate surface area is 87.8 Å². The lowest BCUT2D eigenvalue weighted by Gasteiger charge is -2.22. The summed E-state index contributed by atoms with van der Waals surface area (Å²) in [6, 6.07) is 1.82. The lowest BCUT2D eigenvalue weighted by molar-refractivity contribution is -0.134. The summed E-state index contributed by atoms with van der Waals surface area (Å²) in [5.74, 6) is -0.0802. The standard InChI is InChI=1S/C10H14N2O3/c13-10(9-6-11-2-4-15-9)12-5-8-1-3-14-7-8/h1,3,7,9,11H,2,4-6H2,(H,12,13). The average Bonchev–Trinajstić information content (AvgIpc) is 2.80. The van der Waals surface area contributed by atoms with Gasteiger partial charge in [0.1, 0.15) is 6.10 Å². The van der Waals surface area contributed by atoms with E-state index in [2.05, 4.69) is 10.6 Å². The second-order valence-corrected chi connectivity index (χ2v) is 3.41. The molecule has 1 aliphatic rings. The second kappa shape index (κ2) is 4.95. The molecule has 5 nitrogen and oxygen atoms in total. The van der Waals surface area contributed by atoms with E-state index < -0.39 is 0 Å². The average molecular weight is 210 g/mol. The van der Waals surface area contributed by atoms with Crippen LogP contribution in [0, 0.1) is 0 Å². The number of amides is 1. The Morgan fingerprint density at radius 1 is 1.67 bits per heavy atom. The van der Waals surface area contributed by atoms with Gasteiger partial charge in [-0.1, -0.05) is 0 Å². The smallest absolute Gasteiger partial charge is 0.250 e. The minimum absolute atomic E-state index is 0.0802. The van der Waals surface area contributed by atoms with Crippen LogP contribution in [0.5, 0.6) is 0 Å². The predicted octanol–water partition coefficient (Wildman–Crippen LogP) is -0.116. The second-order valence-electron chi connectivity index (χ2n) is 3.41. The Bertz CT molecular complexity index is 304. The van der Waals surface area contributed by atoms with Crippen molar-refractivity contribution < 1.29 is 13.9 Å². The molecule has 0 radical (unpaired) electrons. The molecule has 1 amide bonds. The van der Waals surface area contributed by atoms with Gasteiger partial charge in [-0.05, 0) is 6.07 Å². The van der Waals surface area contributed by atoms with Crippen molar-refractivity contribution in [3.63, 3.8) is 0 Å². The summed E-state index contributed by atoms with van der Waals surface area (Å²) in [5.41, 5.74) is 0.951. The molecule has 1 atom stereocenters. The van der Waals surface area contributed by atoms with Crippen LogP contribution in [0.3, 0.4) is 0 Å². The monoisotopic (exact) mass is 210 g/mol. The molecule has 2 heterocycles. The van der Waals surface area contributed by atoms with E-state index in [0.29, 0.717) is 19.7 Å². The van der Waals surface area contributed by atoms with E-state index in [1.54, 1.807) is 12.5 Å². The Balaban J connectivity index is 1.76. The molecule has 0 bridgehead atoms. The molecule has 1 unspecified atom stereocenters. The quantitative estimate of drug-likeness (QED) is 0.730. The first-order valence-corrected chi connectivity index (χ1v) is 4.97. The maximum Gasteiger partial charge on any atom is 0.250 e. The van der Waals surface area contributed by atoms with E-state index in [0.717, 1.165) is 12.1 Å². The van der Waals surface area contributed by atoms with E-state index in [1.807, 2.05) is 6.07 Å². The summed E-state index contributed by atoms with van der Waals surface area (Å²) in [4.78, 5) is 11.6. The van der Waals surface area contributed by atoms with Crippen LogP contribution in [0.4, 0.5) is 0 Å². The van der Waals surface area contributed by atoms with Crippen LogP contribution in [0.25, 0.3) is 0 Å². The fourth-order valence-corrected chi connectivity index (χ4v) is 1.43. The molecule has 0 aromatic carbocycles. The largest absolute Gasteiger partial charge is 0.472 e. The van der Waals surface area contributed by atoms with Crippen LogP contribution in [0.15, 0.2) is 23.0 Å². The van der Waals surface area contributed by atoms with E-state index >= 15 is 0 Å². The summed E-state index contributed by atoms with van der Waals surface area (Å²) in [6.07, 6.45) is 2.83. The van der Waals surface area contributed by atoms with Crippen LogP contribution in [-0.4, -0.2) is 31.7 Å². The Hall–Kier alpha value is -1.33. The van der Waals surface area contributed by atoms with Gasteiger partial charge in [0.05, 0.1) is 19.1 Å². The first-order chi connectivity index (χ1) is 7.36. The summed E-state index contributed by atoms with van der Waals surface area (Å²) < 4.78 is 10.2. The van der Waals surface area contributed by atoms with Crippen LogP contribution in [-0.2, 0) is 16.1 Å². The maximum atomic E-state index is 11.6. The minimum Gasteiger partial charge on any atom is -0.472 e. The molecule has 0 saturated carbocycles. The van der Waals surface area contributed by atoms with Gasteiger partial charge in [0, 0.05) is 25.2 Å². The van der Waals surface area contributed by atoms with Crippen LogP contribution >= 0.6 is 0 Å². The van der Waals surface area contributed by atoms with Crippen molar-refractivity contribution in [2.45, 2.75) is 12.6 Å². The van der Waals surface area contributed by atoms with Gasteiger partial charge in [0.2, 0.25) is 0 Å². The van der Waals surface area contributed by atoms with Crippen molar-refractivity contribution in [1.82, 2.24) is 10.6 Å². The molecule has 15 heavy (non-hydrogen) atoms. The van der Waals surface area contributed by atoms with Gasteiger partial charge in [-0.2, -0.15) is 0 Å². The number of morpholine rings is 1. The zero-order valence-corrected chi connectivity index (χ0v) is 8.36. The fourth-order valence-electron chi connectivity index (χ4n) is 1.43. The molecular formula is C10H14N2O3. The number of nitrogens with one attached hydrogen (secondary N) is 2. The molecule has 82 valence electrons. The van der Waals surface area contributed by atoms with Crippen molar-refractivity contribution in [2.75, 3.05) is 19.7 Å². The van der Waals surface area contributed by atoms with Crippen molar-refractivity contribution in [1.29, 1.82) is 0 Å². The molecule has 1 aromatic rings. The molecular weight excluding hydrogens is 196 g/mol. The predicted molar refractivity (Wildman–Crippen MR) is 53.2 cm³/mol. The number of hydrogen-bond acceptors (Lipinski definition) is 4. The molecule has 5 heteroatoms. The third-order valence-corrected chi connectivity index (χ3v) is 2.27. The number of hydrogen-bond donors (Lipinski definition) is 2. The summed E-state index contributed by atoms with van der Waals surface area (Å²) >= 11 is 0. The highest BCUT2D eigenvalue weighted by Crippen LogP contribution is 2.00. The van der Waals surface area contributed by atoms with E-state index in [1.165, 1.54) is 0 Å². The molecule has 0 spiro atoms. The third kappa shape index (κ3) is 2.81. The normalized spacial score (nSPS) is 21.2. The van der Waals surface area contributed by atoms with Gasteiger partial charge in [-0.3, -0.25) is 4.79 Å². The van der Waals surface area contributed by atoms with Crippen LogP contribution < -0.4 is 10.6 Å². The Morgan fingerprint density at radius 3 is 3.27 bits per heavy atom. The minimum atomic E-state index is -0.370.